The first kappa shape index (κ1) is 8.18. The second-order valence-corrected chi connectivity index (χ2v) is 2.84. The lowest BCUT2D eigenvalue weighted by atomic mass is 10.4. The highest BCUT2D eigenvalue weighted by atomic mass is 15.4. The van der Waals surface area contributed by atoms with Crippen LogP contribution in [0, 0.1) is 0 Å². The van der Waals surface area contributed by atoms with E-state index >= 15 is 0 Å². The normalized spacial score (nSPS) is 24.1. The summed E-state index contributed by atoms with van der Waals surface area (Å²) in [6, 6.07) is 0. The highest BCUT2D eigenvalue weighted by Gasteiger charge is 2.14. The van der Waals surface area contributed by atoms with E-state index in [1.54, 1.807) is 0 Å². The molecule has 1 heterocycles. The number of allylic oxidation sites excluding steroid dienone is 1. The third-order valence-corrected chi connectivity index (χ3v) is 2.01. The molecule has 62 valence electrons. The quantitative estimate of drug-likeness (QED) is 0.597. The van der Waals surface area contributed by atoms with Gasteiger partial charge in [-0.25, -0.2) is 0 Å². The Morgan fingerprint density at radius 2 is 2.18 bits per heavy atom. The lowest BCUT2D eigenvalue weighted by Gasteiger charge is -2.23. The van der Waals surface area contributed by atoms with Crippen molar-refractivity contribution in [2.75, 3.05) is 7.05 Å². The van der Waals surface area contributed by atoms with E-state index in [1.807, 2.05) is 0 Å². The van der Waals surface area contributed by atoms with Gasteiger partial charge in [0, 0.05) is 25.6 Å². The number of rotatable bonds is 2. The first-order valence-corrected chi connectivity index (χ1v) is 4.10. The molecule has 0 aromatic rings. The van der Waals surface area contributed by atoms with Gasteiger partial charge in [0.1, 0.15) is 6.17 Å². The smallest absolute Gasteiger partial charge is 0.102 e. The van der Waals surface area contributed by atoms with Gasteiger partial charge in [-0.1, -0.05) is 13.0 Å². The predicted molar refractivity (Wildman–Crippen MR) is 47.6 cm³/mol. The Morgan fingerprint density at radius 1 is 1.45 bits per heavy atom. The van der Waals surface area contributed by atoms with Crippen molar-refractivity contribution in [1.29, 1.82) is 0 Å². The van der Waals surface area contributed by atoms with Gasteiger partial charge >= 0.3 is 0 Å². The highest BCUT2D eigenvalue weighted by molar-refractivity contribution is 5.00. The molecule has 1 aliphatic heterocycles. The van der Waals surface area contributed by atoms with Crippen LogP contribution in [-0.4, -0.2) is 23.0 Å². The Bertz CT molecular complexity index is 172. The molecule has 1 aliphatic rings. The van der Waals surface area contributed by atoms with Crippen LogP contribution in [0.15, 0.2) is 24.7 Å². The van der Waals surface area contributed by atoms with E-state index < -0.39 is 0 Å². The van der Waals surface area contributed by atoms with E-state index in [4.69, 9.17) is 0 Å². The maximum atomic E-state index is 2.20. The van der Waals surface area contributed by atoms with Gasteiger partial charge < -0.3 is 9.80 Å². The van der Waals surface area contributed by atoms with E-state index in [0.717, 1.165) is 6.42 Å². The lowest BCUT2D eigenvalue weighted by Crippen LogP contribution is -2.29. The second-order valence-electron chi connectivity index (χ2n) is 2.84. The van der Waals surface area contributed by atoms with Crippen LogP contribution in [0.1, 0.15) is 20.3 Å². The first-order valence-electron chi connectivity index (χ1n) is 4.10. The topological polar surface area (TPSA) is 6.48 Å². The van der Waals surface area contributed by atoms with Crippen molar-refractivity contribution < 1.29 is 0 Å². The summed E-state index contributed by atoms with van der Waals surface area (Å²) in [6.07, 6.45) is 10.0. The van der Waals surface area contributed by atoms with Crippen LogP contribution in [0.4, 0.5) is 0 Å². The fraction of sp³-hybridized carbons (Fsp3) is 0.556. The fourth-order valence-corrected chi connectivity index (χ4v) is 1.04. The number of hydrogen-bond acceptors (Lipinski definition) is 2. The molecule has 0 spiro atoms. The van der Waals surface area contributed by atoms with Crippen molar-refractivity contribution in [1.82, 2.24) is 9.80 Å². The summed E-state index contributed by atoms with van der Waals surface area (Å²) in [5.41, 5.74) is 0. The third kappa shape index (κ3) is 1.76. The molecule has 0 aromatic carbocycles. The SMILES string of the molecule is CCC=CN1C=CN(C)C1C. The molecule has 11 heavy (non-hydrogen) atoms. The van der Waals surface area contributed by atoms with Crippen LogP contribution >= 0.6 is 0 Å². The summed E-state index contributed by atoms with van der Waals surface area (Å²) in [5, 5.41) is 0. The second kappa shape index (κ2) is 3.46. The van der Waals surface area contributed by atoms with Gasteiger partial charge in [-0.2, -0.15) is 0 Å². The molecule has 0 radical (unpaired) electrons. The highest BCUT2D eigenvalue weighted by Crippen LogP contribution is 2.12. The molecule has 0 saturated carbocycles. The van der Waals surface area contributed by atoms with Gasteiger partial charge in [0.15, 0.2) is 0 Å². The zero-order chi connectivity index (χ0) is 8.27. The summed E-state index contributed by atoms with van der Waals surface area (Å²) < 4.78 is 0. The molecule has 0 aliphatic carbocycles. The van der Waals surface area contributed by atoms with Gasteiger partial charge in [0.2, 0.25) is 0 Å². The van der Waals surface area contributed by atoms with Crippen molar-refractivity contribution in [3.63, 3.8) is 0 Å². The van der Waals surface area contributed by atoms with Crippen molar-refractivity contribution in [3.8, 4) is 0 Å². The van der Waals surface area contributed by atoms with Crippen molar-refractivity contribution >= 4 is 0 Å². The van der Waals surface area contributed by atoms with Crippen LogP contribution in [0.5, 0.6) is 0 Å². The van der Waals surface area contributed by atoms with Crippen molar-refractivity contribution in [2.45, 2.75) is 26.4 Å². The molecule has 0 N–H and O–H groups in total. The minimum absolute atomic E-state index is 0.470. The number of hydrogen-bond donors (Lipinski definition) is 0. The predicted octanol–water partition coefficient (Wildman–Crippen LogP) is 1.97. The lowest BCUT2D eigenvalue weighted by molar-refractivity contribution is 0.246. The Hall–Kier alpha value is -0.920. The first-order chi connectivity index (χ1) is 5.25. The fourth-order valence-electron chi connectivity index (χ4n) is 1.04. The molecule has 0 amide bonds. The van der Waals surface area contributed by atoms with Gasteiger partial charge in [-0.05, 0) is 13.3 Å². The van der Waals surface area contributed by atoms with Gasteiger partial charge in [0.05, 0.1) is 0 Å². The maximum absolute atomic E-state index is 2.20. The molecule has 0 bridgehead atoms. The van der Waals surface area contributed by atoms with Crippen LogP contribution < -0.4 is 0 Å². The van der Waals surface area contributed by atoms with Gasteiger partial charge in [-0.15, -0.1) is 0 Å². The molecular formula is C9H16N2. The van der Waals surface area contributed by atoms with Crippen molar-refractivity contribution in [3.05, 3.63) is 24.7 Å². The summed E-state index contributed by atoms with van der Waals surface area (Å²) >= 11 is 0. The third-order valence-electron chi connectivity index (χ3n) is 2.01. The number of nitrogens with zero attached hydrogens (tertiary/aromatic N) is 2. The van der Waals surface area contributed by atoms with Gasteiger partial charge in [-0.3, -0.25) is 0 Å². The van der Waals surface area contributed by atoms with E-state index in [9.17, 15) is 0 Å². The zero-order valence-corrected chi connectivity index (χ0v) is 7.49. The van der Waals surface area contributed by atoms with Gasteiger partial charge in [0.25, 0.3) is 0 Å². The average molecular weight is 152 g/mol. The summed E-state index contributed by atoms with van der Waals surface area (Å²) in [4.78, 5) is 4.38. The van der Waals surface area contributed by atoms with E-state index in [-0.39, 0.29) is 0 Å². The molecule has 1 atom stereocenters. The molecule has 0 saturated heterocycles. The summed E-state index contributed by atoms with van der Waals surface area (Å²) in [6.45, 7) is 4.32. The van der Waals surface area contributed by atoms with Crippen LogP contribution in [-0.2, 0) is 0 Å². The monoisotopic (exact) mass is 152 g/mol. The van der Waals surface area contributed by atoms with E-state index in [1.165, 1.54) is 0 Å². The molecule has 2 nitrogen and oxygen atoms in total. The molecule has 0 fully saturated rings. The minimum atomic E-state index is 0.470. The molecule has 0 aromatic heterocycles. The van der Waals surface area contributed by atoms with Crippen molar-refractivity contribution in [2.24, 2.45) is 0 Å². The van der Waals surface area contributed by atoms with E-state index in [0.29, 0.717) is 6.17 Å². The Labute approximate surface area is 68.8 Å². The van der Waals surface area contributed by atoms with Crippen LogP contribution in [0.2, 0.25) is 0 Å². The Balaban J connectivity index is 2.49. The molecule has 2 heteroatoms. The zero-order valence-electron chi connectivity index (χ0n) is 7.49. The molecule has 1 unspecified atom stereocenters. The summed E-state index contributed by atoms with van der Waals surface area (Å²) in [5.74, 6) is 0. The van der Waals surface area contributed by atoms with Crippen LogP contribution in [0.25, 0.3) is 0 Å². The Morgan fingerprint density at radius 3 is 2.64 bits per heavy atom. The average Bonchev–Trinajstić information content (AvgIpc) is 2.31. The Kier molecular flexibility index (Phi) is 2.58. The molecule has 1 rings (SSSR count). The van der Waals surface area contributed by atoms with E-state index in [2.05, 4.69) is 55.4 Å². The summed E-state index contributed by atoms with van der Waals surface area (Å²) in [7, 11) is 2.08. The minimum Gasteiger partial charge on any atom is -0.359 e. The maximum Gasteiger partial charge on any atom is 0.102 e. The molecular weight excluding hydrogens is 136 g/mol. The van der Waals surface area contributed by atoms with Crippen LogP contribution in [0.3, 0.4) is 0 Å². The largest absolute Gasteiger partial charge is 0.359 e. The standard InChI is InChI=1S/C9H16N2/c1-4-5-6-11-8-7-10(3)9(11)2/h5-9H,4H2,1-3H3.